The first-order chi connectivity index (χ1) is 9.63. The highest BCUT2D eigenvalue weighted by molar-refractivity contribution is 5.94. The van der Waals surface area contributed by atoms with Crippen LogP contribution in [0.5, 0.6) is 0 Å². The van der Waals surface area contributed by atoms with Gasteiger partial charge in [0.2, 0.25) is 0 Å². The van der Waals surface area contributed by atoms with Gasteiger partial charge in [-0.2, -0.15) is 0 Å². The summed E-state index contributed by atoms with van der Waals surface area (Å²) in [5.41, 5.74) is 0.826. The van der Waals surface area contributed by atoms with Gasteiger partial charge < -0.3 is 10.1 Å². The maximum Gasteiger partial charge on any atom is 0.341 e. The Kier molecular flexibility index (Phi) is 4.30. The van der Waals surface area contributed by atoms with Crippen LogP contribution in [0.15, 0.2) is 42.6 Å². The third-order valence-corrected chi connectivity index (χ3v) is 2.94. The number of carbonyl (C=O) groups excluding carboxylic acids is 1. The molecule has 1 unspecified atom stereocenters. The van der Waals surface area contributed by atoms with Gasteiger partial charge in [-0.05, 0) is 25.1 Å². The van der Waals surface area contributed by atoms with E-state index < -0.39 is 5.97 Å². The first-order valence-electron chi connectivity index (χ1n) is 6.17. The summed E-state index contributed by atoms with van der Waals surface area (Å²) in [5.74, 6) is -0.417. The number of methoxy groups -OCH3 is 1. The van der Waals surface area contributed by atoms with Crippen molar-refractivity contribution >= 4 is 11.8 Å². The number of carbonyl (C=O) groups is 1. The van der Waals surface area contributed by atoms with Gasteiger partial charge in [-0.3, -0.25) is 0 Å². The van der Waals surface area contributed by atoms with E-state index in [1.165, 1.54) is 13.2 Å². The molecule has 104 valence electrons. The highest BCUT2D eigenvalue weighted by Crippen LogP contribution is 2.22. The topological polar surface area (TPSA) is 51.2 Å². The van der Waals surface area contributed by atoms with Gasteiger partial charge in [-0.15, -0.1) is 0 Å². The van der Waals surface area contributed by atoms with Gasteiger partial charge in [-0.1, -0.05) is 18.2 Å². The third kappa shape index (κ3) is 2.93. The maximum atomic E-state index is 13.7. The smallest absolute Gasteiger partial charge is 0.341 e. The molecule has 0 aliphatic heterocycles. The molecule has 1 aromatic carbocycles. The number of benzene rings is 1. The fraction of sp³-hybridized carbons (Fsp3) is 0.200. The van der Waals surface area contributed by atoms with Crippen LogP contribution in [0.1, 0.15) is 28.9 Å². The molecule has 2 aromatic rings. The van der Waals surface area contributed by atoms with E-state index in [2.05, 4.69) is 10.3 Å². The number of halogens is 1. The summed E-state index contributed by atoms with van der Waals surface area (Å²) in [6, 6.07) is 9.40. The Bertz CT molecular complexity index is 616. The van der Waals surface area contributed by atoms with Crippen molar-refractivity contribution in [2.45, 2.75) is 13.0 Å². The minimum Gasteiger partial charge on any atom is -0.465 e. The van der Waals surface area contributed by atoms with Crippen LogP contribution in [0.4, 0.5) is 10.2 Å². The Labute approximate surface area is 116 Å². The van der Waals surface area contributed by atoms with Crippen LogP contribution in [0.3, 0.4) is 0 Å². The Morgan fingerprint density at radius 3 is 2.75 bits per heavy atom. The van der Waals surface area contributed by atoms with E-state index in [4.69, 9.17) is 4.74 Å². The number of pyridine rings is 1. The zero-order chi connectivity index (χ0) is 14.5. The standard InChI is InChI=1S/C15H15FN2O2/c1-10(11-6-3-4-8-13(11)16)18-14-12(15(19)20-2)7-5-9-17-14/h3-10H,1-2H3,(H,17,18). The van der Waals surface area contributed by atoms with Gasteiger partial charge in [0.15, 0.2) is 0 Å². The summed E-state index contributed by atoms with van der Waals surface area (Å²) in [4.78, 5) is 15.8. The number of esters is 1. The lowest BCUT2D eigenvalue weighted by molar-refractivity contribution is 0.0601. The van der Waals surface area contributed by atoms with Crippen LogP contribution < -0.4 is 5.32 Å². The van der Waals surface area contributed by atoms with Crippen LogP contribution in [0, 0.1) is 5.82 Å². The molecule has 1 aromatic heterocycles. The third-order valence-electron chi connectivity index (χ3n) is 2.94. The Balaban J connectivity index is 2.26. The molecule has 1 heterocycles. The molecule has 0 aliphatic rings. The maximum absolute atomic E-state index is 13.7. The second-order valence-corrected chi connectivity index (χ2v) is 4.28. The molecule has 0 amide bonds. The number of ether oxygens (including phenoxy) is 1. The largest absolute Gasteiger partial charge is 0.465 e. The predicted octanol–water partition coefficient (Wildman–Crippen LogP) is 3.18. The number of aromatic nitrogens is 1. The van der Waals surface area contributed by atoms with Crippen LogP contribution in [-0.4, -0.2) is 18.1 Å². The van der Waals surface area contributed by atoms with E-state index in [0.29, 0.717) is 16.9 Å². The minimum absolute atomic E-state index is 0.303. The molecule has 0 saturated heterocycles. The molecule has 5 heteroatoms. The fourth-order valence-corrected chi connectivity index (χ4v) is 1.90. The lowest BCUT2D eigenvalue weighted by Crippen LogP contribution is -2.14. The van der Waals surface area contributed by atoms with Crippen molar-refractivity contribution < 1.29 is 13.9 Å². The van der Waals surface area contributed by atoms with E-state index in [1.54, 1.807) is 43.5 Å². The molecule has 4 nitrogen and oxygen atoms in total. The van der Waals surface area contributed by atoms with Crippen molar-refractivity contribution in [3.8, 4) is 0 Å². The first kappa shape index (κ1) is 14.0. The molecule has 0 spiro atoms. The number of hydrogen-bond donors (Lipinski definition) is 1. The summed E-state index contributed by atoms with van der Waals surface area (Å²) in [7, 11) is 1.30. The fourth-order valence-electron chi connectivity index (χ4n) is 1.90. The molecule has 0 radical (unpaired) electrons. The number of rotatable bonds is 4. The van der Waals surface area contributed by atoms with Gasteiger partial charge >= 0.3 is 5.97 Å². The normalized spacial score (nSPS) is 11.8. The number of hydrogen-bond acceptors (Lipinski definition) is 4. The zero-order valence-electron chi connectivity index (χ0n) is 11.3. The van der Waals surface area contributed by atoms with Crippen molar-refractivity contribution in [2.75, 3.05) is 12.4 Å². The van der Waals surface area contributed by atoms with Gasteiger partial charge in [0, 0.05) is 11.8 Å². The second kappa shape index (κ2) is 6.14. The molecular formula is C15H15FN2O2. The molecule has 0 aliphatic carbocycles. The first-order valence-corrected chi connectivity index (χ1v) is 6.17. The molecule has 1 atom stereocenters. The highest BCUT2D eigenvalue weighted by atomic mass is 19.1. The van der Waals surface area contributed by atoms with Crippen LogP contribution in [0.2, 0.25) is 0 Å². The monoisotopic (exact) mass is 274 g/mol. The Hall–Kier alpha value is -2.43. The van der Waals surface area contributed by atoms with Gasteiger partial charge in [0.1, 0.15) is 17.2 Å². The molecular weight excluding hydrogens is 259 g/mol. The van der Waals surface area contributed by atoms with E-state index in [-0.39, 0.29) is 11.9 Å². The summed E-state index contributed by atoms with van der Waals surface area (Å²) in [5, 5.41) is 3.03. The van der Waals surface area contributed by atoms with Crippen LogP contribution >= 0.6 is 0 Å². The quantitative estimate of drug-likeness (QED) is 0.870. The number of nitrogens with one attached hydrogen (secondary N) is 1. The van der Waals surface area contributed by atoms with Crippen LogP contribution in [-0.2, 0) is 4.74 Å². The van der Waals surface area contributed by atoms with Gasteiger partial charge in [0.25, 0.3) is 0 Å². The summed E-state index contributed by atoms with van der Waals surface area (Å²) in [6.07, 6.45) is 1.56. The lowest BCUT2D eigenvalue weighted by atomic mass is 10.1. The van der Waals surface area contributed by atoms with Crippen molar-refractivity contribution in [1.29, 1.82) is 0 Å². The van der Waals surface area contributed by atoms with Crippen molar-refractivity contribution in [3.63, 3.8) is 0 Å². The van der Waals surface area contributed by atoms with E-state index in [0.717, 1.165) is 0 Å². The molecule has 2 rings (SSSR count). The minimum atomic E-state index is -0.485. The number of anilines is 1. The van der Waals surface area contributed by atoms with Gasteiger partial charge in [-0.25, -0.2) is 14.2 Å². The number of nitrogens with zero attached hydrogens (tertiary/aromatic N) is 1. The predicted molar refractivity (Wildman–Crippen MR) is 74.0 cm³/mol. The summed E-state index contributed by atoms with van der Waals surface area (Å²) >= 11 is 0. The second-order valence-electron chi connectivity index (χ2n) is 4.28. The van der Waals surface area contributed by atoms with Crippen molar-refractivity contribution in [3.05, 3.63) is 59.5 Å². The molecule has 0 saturated carbocycles. The SMILES string of the molecule is COC(=O)c1cccnc1NC(C)c1ccccc1F. The summed E-state index contributed by atoms with van der Waals surface area (Å²) < 4.78 is 18.4. The zero-order valence-corrected chi connectivity index (χ0v) is 11.3. The Morgan fingerprint density at radius 2 is 2.05 bits per heavy atom. The molecule has 1 N–H and O–H groups in total. The molecule has 0 fully saturated rings. The highest BCUT2D eigenvalue weighted by Gasteiger charge is 2.16. The molecule has 0 bridgehead atoms. The lowest BCUT2D eigenvalue weighted by Gasteiger charge is -2.17. The van der Waals surface area contributed by atoms with E-state index in [1.807, 2.05) is 0 Å². The van der Waals surface area contributed by atoms with Gasteiger partial charge in [0.05, 0.1) is 13.2 Å². The van der Waals surface area contributed by atoms with E-state index in [9.17, 15) is 9.18 Å². The van der Waals surface area contributed by atoms with E-state index >= 15 is 0 Å². The average molecular weight is 274 g/mol. The Morgan fingerprint density at radius 1 is 1.30 bits per heavy atom. The van der Waals surface area contributed by atoms with Crippen molar-refractivity contribution in [2.24, 2.45) is 0 Å². The van der Waals surface area contributed by atoms with Crippen molar-refractivity contribution in [1.82, 2.24) is 4.98 Å². The molecule has 20 heavy (non-hydrogen) atoms. The van der Waals surface area contributed by atoms with Crippen LogP contribution in [0.25, 0.3) is 0 Å². The average Bonchev–Trinajstić information content (AvgIpc) is 2.47. The summed E-state index contributed by atoms with van der Waals surface area (Å²) in [6.45, 7) is 1.80.